The van der Waals surface area contributed by atoms with Gasteiger partial charge in [-0.15, -0.1) is 0 Å². The predicted octanol–water partition coefficient (Wildman–Crippen LogP) is 6.43. The first-order chi connectivity index (χ1) is 19.0. The molecule has 5 heterocycles. The van der Waals surface area contributed by atoms with Crippen LogP contribution in [-0.2, 0) is 9.47 Å². The number of aromatic nitrogens is 5. The molecule has 1 N–H and O–H groups in total. The third-order valence-corrected chi connectivity index (χ3v) is 7.43. The van der Waals surface area contributed by atoms with Crippen LogP contribution in [0.4, 0.5) is 11.6 Å². The van der Waals surface area contributed by atoms with Crippen molar-refractivity contribution >= 4 is 28.8 Å². The Balaban J connectivity index is 1.16. The third-order valence-electron chi connectivity index (χ3n) is 7.23. The van der Waals surface area contributed by atoms with Crippen molar-refractivity contribution in [1.29, 1.82) is 0 Å². The minimum absolute atomic E-state index is 0.0448. The van der Waals surface area contributed by atoms with Crippen LogP contribution in [0, 0.1) is 13.8 Å². The smallest absolute Gasteiger partial charge is 0.157 e. The van der Waals surface area contributed by atoms with Crippen molar-refractivity contribution in [2.75, 3.05) is 11.9 Å². The van der Waals surface area contributed by atoms with Crippen molar-refractivity contribution in [2.24, 2.45) is 0 Å². The summed E-state index contributed by atoms with van der Waals surface area (Å²) >= 11 is 6.32. The number of aryl methyl sites for hydroxylation is 2. The van der Waals surface area contributed by atoms with E-state index in [1.807, 2.05) is 48.8 Å². The minimum Gasteiger partial charge on any atom is -0.488 e. The molecule has 0 radical (unpaired) electrons. The zero-order chi connectivity index (χ0) is 26.8. The molecule has 6 rings (SSSR count). The summed E-state index contributed by atoms with van der Waals surface area (Å²) in [5.41, 5.74) is 3.72. The second-order valence-corrected chi connectivity index (χ2v) is 10.7. The number of hydrogen-bond donors (Lipinski definition) is 1. The van der Waals surface area contributed by atoms with Crippen LogP contribution in [0.2, 0.25) is 5.15 Å². The molecule has 2 aliphatic rings. The van der Waals surface area contributed by atoms with Gasteiger partial charge >= 0.3 is 0 Å². The molecule has 10 heteroatoms. The molecule has 1 saturated heterocycles. The van der Waals surface area contributed by atoms with Crippen LogP contribution in [0.1, 0.15) is 56.5 Å². The van der Waals surface area contributed by atoms with Gasteiger partial charge in [0.05, 0.1) is 23.9 Å². The first-order valence-electron chi connectivity index (χ1n) is 13.7. The molecule has 39 heavy (non-hydrogen) atoms. The fourth-order valence-electron chi connectivity index (χ4n) is 5.37. The van der Waals surface area contributed by atoms with Crippen LogP contribution >= 0.6 is 11.6 Å². The Bertz CT molecular complexity index is 1430. The summed E-state index contributed by atoms with van der Waals surface area (Å²) in [5, 5.41) is 8.34. The van der Waals surface area contributed by atoms with E-state index in [4.69, 9.17) is 25.8 Å². The molecule has 1 aliphatic heterocycles. The molecule has 1 aliphatic carbocycles. The molecule has 1 unspecified atom stereocenters. The lowest BCUT2D eigenvalue weighted by Gasteiger charge is -2.33. The summed E-state index contributed by atoms with van der Waals surface area (Å²) in [6.07, 6.45) is 11.0. The molecule has 0 amide bonds. The Morgan fingerprint density at radius 1 is 0.974 bits per heavy atom. The number of hydrogen-bond acceptors (Lipinski definition) is 8. The van der Waals surface area contributed by atoms with Crippen molar-refractivity contribution in [3.63, 3.8) is 0 Å². The van der Waals surface area contributed by atoms with E-state index >= 15 is 0 Å². The number of halogens is 1. The lowest BCUT2D eigenvalue weighted by Crippen LogP contribution is -2.33. The highest BCUT2D eigenvalue weighted by atomic mass is 35.5. The summed E-state index contributed by atoms with van der Waals surface area (Å²) in [6, 6.07) is 9.82. The fourth-order valence-corrected chi connectivity index (χ4v) is 5.53. The number of ether oxygens (including phenoxy) is 3. The predicted molar refractivity (Wildman–Crippen MR) is 150 cm³/mol. The fraction of sp³-hybridized carbons (Fsp3) is 0.448. The number of anilines is 2. The largest absolute Gasteiger partial charge is 0.488 e. The Morgan fingerprint density at radius 3 is 2.62 bits per heavy atom. The van der Waals surface area contributed by atoms with E-state index in [1.165, 1.54) is 6.42 Å². The molecule has 1 atom stereocenters. The van der Waals surface area contributed by atoms with Gasteiger partial charge in [0.25, 0.3) is 0 Å². The zero-order valence-corrected chi connectivity index (χ0v) is 23.0. The maximum Gasteiger partial charge on any atom is 0.157 e. The summed E-state index contributed by atoms with van der Waals surface area (Å²) in [4.78, 5) is 13.1. The van der Waals surface area contributed by atoms with Crippen molar-refractivity contribution in [3.05, 3.63) is 59.4 Å². The van der Waals surface area contributed by atoms with Gasteiger partial charge in [0, 0.05) is 36.2 Å². The van der Waals surface area contributed by atoms with Gasteiger partial charge in [-0.3, -0.25) is 0 Å². The molecule has 4 aromatic heterocycles. The summed E-state index contributed by atoms with van der Waals surface area (Å²) in [5.74, 6) is 2.86. The van der Waals surface area contributed by atoms with Gasteiger partial charge in [0.2, 0.25) is 0 Å². The normalized spacial score (nSPS) is 21.7. The van der Waals surface area contributed by atoms with Crippen molar-refractivity contribution in [2.45, 2.75) is 77.3 Å². The minimum atomic E-state index is -0.0448. The molecule has 0 bridgehead atoms. The molecular weight excluding hydrogens is 516 g/mol. The highest BCUT2D eigenvalue weighted by Crippen LogP contribution is 2.35. The van der Waals surface area contributed by atoms with E-state index < -0.39 is 0 Å². The molecule has 1 saturated carbocycles. The lowest BCUT2D eigenvalue weighted by atomic mass is 9.94. The number of rotatable bonds is 7. The number of fused-ring (bicyclic) bond motifs is 1. The topological polar surface area (TPSA) is 95.7 Å². The van der Waals surface area contributed by atoms with Crippen LogP contribution in [0.15, 0.2) is 42.7 Å². The Hall–Kier alpha value is -3.27. The van der Waals surface area contributed by atoms with E-state index in [9.17, 15) is 0 Å². The van der Waals surface area contributed by atoms with Crippen molar-refractivity contribution in [3.8, 4) is 16.9 Å². The lowest BCUT2D eigenvalue weighted by molar-refractivity contribution is -0.195. The molecule has 2 fully saturated rings. The maximum atomic E-state index is 6.50. The Kier molecular flexibility index (Phi) is 7.63. The van der Waals surface area contributed by atoms with Gasteiger partial charge in [0.1, 0.15) is 22.5 Å². The van der Waals surface area contributed by atoms with E-state index in [0.717, 1.165) is 73.2 Å². The molecule has 4 aromatic rings. The van der Waals surface area contributed by atoms with Gasteiger partial charge in [-0.25, -0.2) is 19.5 Å². The van der Waals surface area contributed by atoms with Crippen LogP contribution in [0.5, 0.6) is 5.75 Å². The average molecular weight is 549 g/mol. The Labute approximate surface area is 232 Å². The molecule has 204 valence electrons. The van der Waals surface area contributed by atoms with Gasteiger partial charge in [0.15, 0.2) is 12.1 Å². The number of nitrogens with one attached hydrogen (secondary N) is 1. The van der Waals surface area contributed by atoms with Crippen LogP contribution in [0.25, 0.3) is 16.6 Å². The third kappa shape index (κ3) is 6.32. The Morgan fingerprint density at radius 2 is 1.82 bits per heavy atom. The van der Waals surface area contributed by atoms with E-state index in [0.29, 0.717) is 22.6 Å². The molecular formula is C29H33ClN6O3. The van der Waals surface area contributed by atoms with Crippen molar-refractivity contribution < 1.29 is 14.2 Å². The summed E-state index contributed by atoms with van der Waals surface area (Å²) in [6.45, 7) is 4.63. The van der Waals surface area contributed by atoms with E-state index in [-0.39, 0.29) is 18.5 Å². The second kappa shape index (κ2) is 11.5. The number of pyridine rings is 2. The average Bonchev–Trinajstić information content (AvgIpc) is 3.32. The number of nitrogens with zero attached hydrogens (tertiary/aromatic N) is 5. The summed E-state index contributed by atoms with van der Waals surface area (Å²) < 4.78 is 20.3. The maximum absolute atomic E-state index is 6.50. The highest BCUT2D eigenvalue weighted by molar-refractivity contribution is 6.29. The zero-order valence-electron chi connectivity index (χ0n) is 22.3. The van der Waals surface area contributed by atoms with E-state index in [2.05, 4.69) is 31.4 Å². The monoisotopic (exact) mass is 548 g/mol. The van der Waals surface area contributed by atoms with Crippen LogP contribution in [-0.4, -0.2) is 49.7 Å². The van der Waals surface area contributed by atoms with E-state index in [1.54, 1.807) is 6.20 Å². The SMILES string of the molecule is Cc1cc(Nc2cc3cc(-c4cc(Cl)ncc4OC4CCC(OC5CCCCO5)CC4)ccn3n2)nc(C)n1. The first kappa shape index (κ1) is 26.0. The first-order valence-corrected chi connectivity index (χ1v) is 14.0. The quantitative estimate of drug-likeness (QED) is 0.264. The highest BCUT2D eigenvalue weighted by Gasteiger charge is 2.27. The molecule has 0 spiro atoms. The van der Waals surface area contributed by atoms with Crippen LogP contribution < -0.4 is 10.1 Å². The molecule has 9 nitrogen and oxygen atoms in total. The molecule has 0 aromatic carbocycles. The van der Waals surface area contributed by atoms with Gasteiger partial charge < -0.3 is 19.5 Å². The summed E-state index contributed by atoms with van der Waals surface area (Å²) in [7, 11) is 0. The van der Waals surface area contributed by atoms with Crippen LogP contribution in [0.3, 0.4) is 0 Å². The second-order valence-electron chi connectivity index (χ2n) is 10.3. The standard InChI is InChI=1S/C29H33ClN6O3/c1-18-13-27(33-19(2)32-18)34-28-15-21-14-20(10-11-36(21)35-28)24-16-26(30)31-17-25(24)38-22-6-8-23(9-7-22)39-29-5-3-4-12-37-29/h10-11,13-17,22-23,29H,3-9,12H2,1-2H3,(H,32,33,34,35). The van der Waals surface area contributed by atoms with Gasteiger partial charge in [-0.1, -0.05) is 11.6 Å². The van der Waals surface area contributed by atoms with Gasteiger partial charge in [-0.05, 0) is 82.6 Å². The van der Waals surface area contributed by atoms with Crippen molar-refractivity contribution in [1.82, 2.24) is 24.6 Å². The van der Waals surface area contributed by atoms with Gasteiger partial charge in [-0.2, -0.15) is 5.10 Å².